The lowest BCUT2D eigenvalue weighted by Crippen LogP contribution is -2.40. The number of para-hydroxylation sites is 1. The predicted octanol–water partition coefficient (Wildman–Crippen LogP) is 4.33. The number of urea groups is 1. The third-order valence-corrected chi connectivity index (χ3v) is 3.38. The molecule has 3 amide bonds. The van der Waals surface area contributed by atoms with Crippen LogP contribution >= 0.6 is 0 Å². The van der Waals surface area contributed by atoms with E-state index >= 15 is 0 Å². The molecule has 27 heavy (non-hydrogen) atoms. The van der Waals surface area contributed by atoms with Crippen molar-refractivity contribution in [3.05, 3.63) is 29.8 Å². The van der Waals surface area contributed by atoms with E-state index in [0.29, 0.717) is 6.54 Å². The fourth-order valence-electron chi connectivity index (χ4n) is 2.22. The number of carbonyl (C=O) groups is 2. The zero-order valence-corrected chi connectivity index (χ0v) is 16.1. The van der Waals surface area contributed by atoms with Crippen LogP contribution in [0.1, 0.15) is 33.3 Å². The summed E-state index contributed by atoms with van der Waals surface area (Å²) in [6, 6.07) is 3.98. The molecule has 1 aromatic carbocycles. The van der Waals surface area contributed by atoms with E-state index < -0.39 is 29.5 Å². The summed E-state index contributed by atoms with van der Waals surface area (Å²) in [5.74, 6) is -0.133. The number of anilines is 1. The highest BCUT2D eigenvalue weighted by Crippen LogP contribution is 2.34. The second-order valence-electron chi connectivity index (χ2n) is 7.34. The molecule has 0 saturated heterocycles. The van der Waals surface area contributed by atoms with Gasteiger partial charge in [-0.15, -0.1) is 0 Å². The lowest BCUT2D eigenvalue weighted by atomic mass is 10.1. The Morgan fingerprint density at radius 1 is 1.19 bits per heavy atom. The molecule has 0 aliphatic heterocycles. The zero-order valence-electron chi connectivity index (χ0n) is 16.1. The van der Waals surface area contributed by atoms with Crippen LogP contribution in [0, 0.1) is 5.92 Å². The summed E-state index contributed by atoms with van der Waals surface area (Å²) in [6.07, 6.45) is -5.05. The summed E-state index contributed by atoms with van der Waals surface area (Å²) in [6.45, 7) is 7.55. The van der Waals surface area contributed by atoms with Gasteiger partial charge >= 0.3 is 18.3 Å². The monoisotopic (exact) mass is 389 g/mol. The molecule has 1 rings (SSSR count). The normalized spacial score (nSPS) is 12.9. The van der Waals surface area contributed by atoms with Crippen molar-refractivity contribution in [1.29, 1.82) is 0 Å². The zero-order chi connectivity index (χ0) is 20.8. The van der Waals surface area contributed by atoms with Crippen LogP contribution in [-0.4, -0.2) is 42.8 Å². The van der Waals surface area contributed by atoms with Gasteiger partial charge in [-0.2, -0.15) is 13.2 Å². The molecule has 0 heterocycles. The van der Waals surface area contributed by atoms with Crippen LogP contribution in [0.2, 0.25) is 0 Å². The molecule has 0 radical (unpaired) electrons. The third kappa shape index (κ3) is 8.19. The average molecular weight is 389 g/mol. The molecule has 0 aliphatic rings. The van der Waals surface area contributed by atoms with E-state index in [1.165, 1.54) is 23.1 Å². The molecule has 152 valence electrons. The van der Waals surface area contributed by atoms with E-state index in [0.717, 1.165) is 6.07 Å². The number of hydrogen-bond donors (Lipinski definition) is 2. The molecule has 1 unspecified atom stereocenters. The number of nitrogens with one attached hydrogen (secondary N) is 2. The smallest absolute Gasteiger partial charge is 0.418 e. The van der Waals surface area contributed by atoms with E-state index in [4.69, 9.17) is 4.74 Å². The van der Waals surface area contributed by atoms with Crippen LogP contribution in [-0.2, 0) is 10.9 Å². The maximum absolute atomic E-state index is 12.9. The number of benzene rings is 1. The summed E-state index contributed by atoms with van der Waals surface area (Å²) in [5.41, 5.74) is -1.85. The van der Waals surface area contributed by atoms with Gasteiger partial charge in [0.05, 0.1) is 11.3 Å². The first-order chi connectivity index (χ1) is 12.3. The van der Waals surface area contributed by atoms with Crippen molar-refractivity contribution < 1.29 is 27.5 Å². The Balaban J connectivity index is 2.52. The molecular formula is C18H26F3N3O3. The Hall–Kier alpha value is -2.45. The van der Waals surface area contributed by atoms with Gasteiger partial charge in [-0.1, -0.05) is 19.1 Å². The topological polar surface area (TPSA) is 70.7 Å². The van der Waals surface area contributed by atoms with E-state index in [-0.39, 0.29) is 18.2 Å². The quantitative estimate of drug-likeness (QED) is 0.787. The van der Waals surface area contributed by atoms with Crippen LogP contribution < -0.4 is 10.6 Å². The summed E-state index contributed by atoms with van der Waals surface area (Å²) >= 11 is 0. The second kappa shape index (κ2) is 8.96. The number of carbonyl (C=O) groups excluding carboxylic acids is 2. The molecular weight excluding hydrogens is 363 g/mol. The Morgan fingerprint density at radius 3 is 2.33 bits per heavy atom. The fourth-order valence-corrected chi connectivity index (χ4v) is 2.22. The van der Waals surface area contributed by atoms with Gasteiger partial charge in [-0.25, -0.2) is 9.59 Å². The minimum Gasteiger partial charge on any atom is -0.444 e. The molecule has 0 spiro atoms. The van der Waals surface area contributed by atoms with Crippen molar-refractivity contribution in [1.82, 2.24) is 10.2 Å². The van der Waals surface area contributed by atoms with Gasteiger partial charge in [0.15, 0.2) is 0 Å². The standard InChI is InChI=1S/C18H26F3N3O3/c1-12(11-24(5)16(26)27-17(2,3)4)10-22-15(25)23-14-9-7-6-8-13(14)18(19,20)21/h6-9,12H,10-11H2,1-5H3,(H2,22,23,25). The Kier molecular flexibility index (Phi) is 7.50. The van der Waals surface area contributed by atoms with Crippen molar-refractivity contribution >= 4 is 17.8 Å². The number of rotatable bonds is 5. The highest BCUT2D eigenvalue weighted by Gasteiger charge is 2.33. The van der Waals surface area contributed by atoms with Gasteiger partial charge < -0.3 is 20.3 Å². The largest absolute Gasteiger partial charge is 0.444 e. The first-order valence-corrected chi connectivity index (χ1v) is 8.45. The number of hydrogen-bond acceptors (Lipinski definition) is 3. The molecule has 2 N–H and O–H groups in total. The highest BCUT2D eigenvalue weighted by molar-refractivity contribution is 5.90. The molecule has 1 aromatic rings. The number of amides is 3. The van der Waals surface area contributed by atoms with Crippen molar-refractivity contribution in [3.8, 4) is 0 Å². The molecule has 0 fully saturated rings. The molecule has 0 aromatic heterocycles. The van der Waals surface area contributed by atoms with Crippen LogP contribution in [0.5, 0.6) is 0 Å². The van der Waals surface area contributed by atoms with Gasteiger partial charge in [-0.3, -0.25) is 0 Å². The lowest BCUT2D eigenvalue weighted by Gasteiger charge is -2.26. The minimum absolute atomic E-state index is 0.133. The first-order valence-electron chi connectivity index (χ1n) is 8.45. The minimum atomic E-state index is -4.56. The SMILES string of the molecule is CC(CNC(=O)Nc1ccccc1C(F)(F)F)CN(C)C(=O)OC(C)(C)C. The van der Waals surface area contributed by atoms with Crippen LogP contribution in [0.3, 0.4) is 0 Å². The summed E-state index contributed by atoms with van der Waals surface area (Å²) in [7, 11) is 1.57. The van der Waals surface area contributed by atoms with Crippen LogP contribution in [0.4, 0.5) is 28.4 Å². The van der Waals surface area contributed by atoms with Crippen molar-refractivity contribution in [2.75, 3.05) is 25.5 Å². The van der Waals surface area contributed by atoms with E-state index in [9.17, 15) is 22.8 Å². The molecule has 1 atom stereocenters. The van der Waals surface area contributed by atoms with Crippen LogP contribution in [0.15, 0.2) is 24.3 Å². The fraction of sp³-hybridized carbons (Fsp3) is 0.556. The number of ether oxygens (including phenoxy) is 1. The molecule has 0 bridgehead atoms. The van der Waals surface area contributed by atoms with Crippen molar-refractivity contribution in [3.63, 3.8) is 0 Å². The number of nitrogens with zero attached hydrogens (tertiary/aromatic N) is 1. The highest BCUT2D eigenvalue weighted by atomic mass is 19.4. The van der Waals surface area contributed by atoms with Crippen LogP contribution in [0.25, 0.3) is 0 Å². The maximum atomic E-state index is 12.9. The number of halogens is 3. The van der Waals surface area contributed by atoms with Gasteiger partial charge in [0.25, 0.3) is 0 Å². The second-order valence-corrected chi connectivity index (χ2v) is 7.34. The van der Waals surface area contributed by atoms with Gasteiger partial charge in [0.2, 0.25) is 0 Å². The lowest BCUT2D eigenvalue weighted by molar-refractivity contribution is -0.136. The summed E-state index contributed by atoms with van der Waals surface area (Å²) in [5, 5.41) is 4.71. The van der Waals surface area contributed by atoms with E-state index in [2.05, 4.69) is 10.6 Å². The summed E-state index contributed by atoms with van der Waals surface area (Å²) in [4.78, 5) is 25.2. The molecule has 0 saturated carbocycles. The first kappa shape index (κ1) is 22.6. The van der Waals surface area contributed by atoms with Gasteiger partial charge in [0, 0.05) is 20.1 Å². The molecule has 9 heteroatoms. The molecule has 0 aliphatic carbocycles. The van der Waals surface area contributed by atoms with E-state index in [1.807, 2.05) is 0 Å². The van der Waals surface area contributed by atoms with Crippen molar-refractivity contribution in [2.24, 2.45) is 5.92 Å². The van der Waals surface area contributed by atoms with Gasteiger partial charge in [-0.05, 0) is 38.8 Å². The van der Waals surface area contributed by atoms with Gasteiger partial charge in [0.1, 0.15) is 5.60 Å². The molecule has 6 nitrogen and oxygen atoms in total. The Bertz CT molecular complexity index is 657. The van der Waals surface area contributed by atoms with Crippen molar-refractivity contribution in [2.45, 2.75) is 39.5 Å². The Morgan fingerprint density at radius 2 is 1.78 bits per heavy atom. The third-order valence-electron chi connectivity index (χ3n) is 3.38. The summed E-state index contributed by atoms with van der Waals surface area (Å²) < 4.78 is 44.0. The predicted molar refractivity (Wildman–Crippen MR) is 96.5 cm³/mol. The maximum Gasteiger partial charge on any atom is 0.418 e. The number of alkyl halides is 3. The van der Waals surface area contributed by atoms with E-state index in [1.54, 1.807) is 34.7 Å². The average Bonchev–Trinajstić information content (AvgIpc) is 2.50. The Labute approximate surface area is 157 Å².